The van der Waals surface area contributed by atoms with Crippen LogP contribution in [0.1, 0.15) is 52.9 Å². The van der Waals surface area contributed by atoms with Crippen molar-refractivity contribution < 1.29 is 9.21 Å². The quantitative estimate of drug-likeness (QED) is 0.922. The monoisotopic (exact) mass is 302 g/mol. The number of hydrogen-bond donors (Lipinski definition) is 1. The highest BCUT2D eigenvalue weighted by Crippen LogP contribution is 2.41. The lowest BCUT2D eigenvalue weighted by atomic mass is 10.2. The molecule has 1 N–H and O–H groups in total. The number of nitrogens with zero attached hydrogens (tertiary/aromatic N) is 1. The topological polar surface area (TPSA) is 55.1 Å². The number of oxazole rings is 1. The van der Waals surface area contributed by atoms with Gasteiger partial charge in [-0.2, -0.15) is 11.3 Å². The lowest BCUT2D eigenvalue weighted by molar-refractivity contribution is 0.0919. The molecule has 0 unspecified atom stereocenters. The molecule has 2 atom stereocenters. The number of carbonyl (C=O) groups is 1. The molecule has 2 aliphatic carbocycles. The van der Waals surface area contributed by atoms with Crippen molar-refractivity contribution in [2.24, 2.45) is 5.92 Å². The molecule has 4 nitrogen and oxygen atoms in total. The smallest absolute Gasteiger partial charge is 0.289 e. The molecule has 2 heterocycles. The zero-order valence-electron chi connectivity index (χ0n) is 12.0. The van der Waals surface area contributed by atoms with Crippen LogP contribution in [0.15, 0.2) is 21.2 Å². The van der Waals surface area contributed by atoms with E-state index in [0.29, 0.717) is 29.2 Å². The Kier molecular flexibility index (Phi) is 3.10. The van der Waals surface area contributed by atoms with Gasteiger partial charge in [-0.1, -0.05) is 0 Å². The number of hydrogen-bond acceptors (Lipinski definition) is 4. The van der Waals surface area contributed by atoms with Gasteiger partial charge in [0, 0.05) is 18.4 Å². The first kappa shape index (κ1) is 13.1. The highest BCUT2D eigenvalue weighted by Gasteiger charge is 2.40. The molecule has 21 heavy (non-hydrogen) atoms. The first-order valence-electron chi connectivity index (χ1n) is 7.50. The van der Waals surface area contributed by atoms with Crippen molar-refractivity contribution in [3.05, 3.63) is 39.7 Å². The highest BCUT2D eigenvalue weighted by atomic mass is 32.1. The Hall–Kier alpha value is -1.62. The van der Waals surface area contributed by atoms with Crippen molar-refractivity contribution in [1.29, 1.82) is 0 Å². The molecule has 2 aromatic rings. The molecule has 0 saturated heterocycles. The van der Waals surface area contributed by atoms with E-state index in [1.165, 1.54) is 18.4 Å². The Morgan fingerprint density at radius 1 is 1.52 bits per heavy atom. The van der Waals surface area contributed by atoms with Crippen molar-refractivity contribution in [3.8, 4) is 0 Å². The predicted molar refractivity (Wildman–Crippen MR) is 80.6 cm³/mol. The fourth-order valence-corrected chi connectivity index (χ4v) is 3.49. The molecule has 0 spiro atoms. The van der Waals surface area contributed by atoms with Crippen molar-refractivity contribution >= 4 is 17.2 Å². The molecule has 1 amide bonds. The van der Waals surface area contributed by atoms with Gasteiger partial charge in [-0.05, 0) is 54.5 Å². The molecule has 2 aliphatic rings. The average molecular weight is 302 g/mol. The van der Waals surface area contributed by atoms with Crippen LogP contribution in [-0.2, 0) is 6.42 Å². The van der Waals surface area contributed by atoms with E-state index in [1.54, 1.807) is 11.3 Å². The lowest BCUT2D eigenvalue weighted by Crippen LogP contribution is -2.26. The van der Waals surface area contributed by atoms with Crippen molar-refractivity contribution in [1.82, 2.24) is 10.3 Å². The maximum atomic E-state index is 12.3. The second-order valence-corrected chi connectivity index (χ2v) is 6.93. The molecular formula is C16H18N2O2S. The average Bonchev–Trinajstić information content (AvgIpc) is 3.32. The van der Waals surface area contributed by atoms with E-state index < -0.39 is 0 Å². The van der Waals surface area contributed by atoms with Gasteiger partial charge in [0.2, 0.25) is 5.76 Å². The molecule has 4 rings (SSSR count). The summed E-state index contributed by atoms with van der Waals surface area (Å²) in [5.41, 5.74) is 2.03. The zero-order chi connectivity index (χ0) is 14.4. The zero-order valence-corrected chi connectivity index (χ0v) is 12.8. The molecule has 2 saturated carbocycles. The summed E-state index contributed by atoms with van der Waals surface area (Å²) < 4.78 is 5.66. The molecule has 110 valence electrons. The van der Waals surface area contributed by atoms with Crippen molar-refractivity contribution in [2.45, 2.75) is 44.6 Å². The number of aryl methyl sites for hydroxylation is 1. The van der Waals surface area contributed by atoms with Crippen LogP contribution in [0.4, 0.5) is 0 Å². The minimum Gasteiger partial charge on any atom is -0.435 e. The Morgan fingerprint density at radius 2 is 2.38 bits per heavy atom. The van der Waals surface area contributed by atoms with Gasteiger partial charge < -0.3 is 9.73 Å². The van der Waals surface area contributed by atoms with Crippen molar-refractivity contribution in [2.75, 3.05) is 0 Å². The van der Waals surface area contributed by atoms with Crippen LogP contribution in [0, 0.1) is 12.8 Å². The SMILES string of the molecule is Cc1nc(CC2CC2)oc1C(=O)N[C@@H]1C[C@H]1c1ccsc1. The molecule has 2 aromatic heterocycles. The Bertz CT molecular complexity index is 658. The number of aromatic nitrogens is 1. The van der Waals surface area contributed by atoms with E-state index in [2.05, 4.69) is 27.1 Å². The molecule has 2 fully saturated rings. The van der Waals surface area contributed by atoms with Gasteiger partial charge in [0.15, 0.2) is 5.89 Å². The minimum atomic E-state index is -0.121. The summed E-state index contributed by atoms with van der Waals surface area (Å²) >= 11 is 1.70. The summed E-state index contributed by atoms with van der Waals surface area (Å²) in [4.78, 5) is 16.7. The van der Waals surface area contributed by atoms with Gasteiger partial charge >= 0.3 is 0 Å². The van der Waals surface area contributed by atoms with E-state index >= 15 is 0 Å². The third-order valence-corrected chi connectivity index (χ3v) is 4.99. The molecule has 0 bridgehead atoms. The van der Waals surface area contributed by atoms with Gasteiger partial charge in [0.25, 0.3) is 5.91 Å². The van der Waals surface area contributed by atoms with Gasteiger partial charge in [-0.25, -0.2) is 4.98 Å². The van der Waals surface area contributed by atoms with Gasteiger partial charge in [-0.3, -0.25) is 4.79 Å². The summed E-state index contributed by atoms with van der Waals surface area (Å²) in [6, 6.07) is 2.37. The van der Waals surface area contributed by atoms with E-state index in [4.69, 9.17) is 4.42 Å². The van der Waals surface area contributed by atoms with Crippen LogP contribution in [-0.4, -0.2) is 16.9 Å². The number of nitrogens with one attached hydrogen (secondary N) is 1. The third kappa shape index (κ3) is 2.75. The molecule has 0 aliphatic heterocycles. The Balaban J connectivity index is 1.40. The summed E-state index contributed by atoms with van der Waals surface area (Å²) in [5, 5.41) is 7.30. The predicted octanol–water partition coefficient (Wildman–Crippen LogP) is 3.28. The van der Waals surface area contributed by atoms with Crippen LogP contribution < -0.4 is 5.32 Å². The normalized spacial score (nSPS) is 24.0. The number of rotatable bonds is 5. The van der Waals surface area contributed by atoms with E-state index in [1.807, 2.05) is 6.92 Å². The maximum Gasteiger partial charge on any atom is 0.289 e. The fourth-order valence-electron chi connectivity index (χ4n) is 2.76. The third-order valence-electron chi connectivity index (χ3n) is 4.29. The number of carbonyl (C=O) groups excluding carboxylic acids is 1. The summed E-state index contributed by atoms with van der Waals surface area (Å²) in [6.07, 6.45) is 4.40. The van der Waals surface area contributed by atoms with E-state index in [-0.39, 0.29) is 11.9 Å². The Morgan fingerprint density at radius 3 is 3.10 bits per heavy atom. The molecule has 0 radical (unpaired) electrons. The van der Waals surface area contributed by atoms with Gasteiger partial charge in [-0.15, -0.1) is 0 Å². The van der Waals surface area contributed by atoms with Crippen LogP contribution >= 0.6 is 11.3 Å². The van der Waals surface area contributed by atoms with Gasteiger partial charge in [0.05, 0.1) is 5.69 Å². The second-order valence-electron chi connectivity index (χ2n) is 6.15. The number of thiophene rings is 1. The molecule has 5 heteroatoms. The molecule has 0 aromatic carbocycles. The largest absolute Gasteiger partial charge is 0.435 e. The summed E-state index contributed by atoms with van der Waals surface area (Å²) in [5.74, 6) is 2.16. The lowest BCUT2D eigenvalue weighted by Gasteiger charge is -2.02. The van der Waals surface area contributed by atoms with E-state index in [9.17, 15) is 4.79 Å². The standard InChI is InChI=1S/C16H18N2O2S/c1-9-15(20-14(17-9)6-10-2-3-10)16(19)18-13-7-12(13)11-4-5-21-8-11/h4-5,8,10,12-13H,2-3,6-7H2,1H3,(H,18,19)/t12-,13+/m0/s1. The molecular weight excluding hydrogens is 284 g/mol. The van der Waals surface area contributed by atoms with Crippen LogP contribution in [0.5, 0.6) is 0 Å². The van der Waals surface area contributed by atoms with Crippen LogP contribution in [0.2, 0.25) is 0 Å². The maximum absolute atomic E-state index is 12.3. The fraction of sp³-hybridized carbons (Fsp3) is 0.500. The van der Waals surface area contributed by atoms with Crippen LogP contribution in [0.25, 0.3) is 0 Å². The summed E-state index contributed by atoms with van der Waals surface area (Å²) in [7, 11) is 0. The second kappa shape index (κ2) is 4.98. The number of amides is 1. The first-order chi connectivity index (χ1) is 10.2. The van der Waals surface area contributed by atoms with Crippen molar-refractivity contribution in [3.63, 3.8) is 0 Å². The van der Waals surface area contributed by atoms with E-state index in [0.717, 1.165) is 12.8 Å². The van der Waals surface area contributed by atoms with Crippen LogP contribution in [0.3, 0.4) is 0 Å². The first-order valence-corrected chi connectivity index (χ1v) is 8.44. The highest BCUT2D eigenvalue weighted by molar-refractivity contribution is 7.08. The summed E-state index contributed by atoms with van der Waals surface area (Å²) in [6.45, 7) is 1.85. The van der Waals surface area contributed by atoms with Gasteiger partial charge in [0.1, 0.15) is 0 Å². The Labute approximate surface area is 127 Å². The minimum absolute atomic E-state index is 0.121.